The van der Waals surface area contributed by atoms with Gasteiger partial charge in [-0.2, -0.15) is 0 Å². The minimum Gasteiger partial charge on any atom is -0.495 e. The van der Waals surface area contributed by atoms with Gasteiger partial charge in [-0.25, -0.2) is 4.79 Å². The number of anilines is 1. The SMILES string of the molecule is COc1cncc(N2C[C@@H]3CCN(C(=O)OC(C)(C)C)[C@@H]3C2)c1. The predicted octanol–water partition coefficient (Wildman–Crippen LogP) is 2.54. The van der Waals surface area contributed by atoms with Crippen LogP contribution in [-0.4, -0.2) is 54.4 Å². The number of methoxy groups -OCH3 is 1. The second-order valence-corrected chi connectivity index (χ2v) is 7.28. The van der Waals surface area contributed by atoms with E-state index < -0.39 is 5.60 Å². The fourth-order valence-electron chi connectivity index (χ4n) is 3.41. The molecule has 2 aliphatic rings. The summed E-state index contributed by atoms with van der Waals surface area (Å²) in [5.74, 6) is 1.25. The number of ether oxygens (including phenoxy) is 2. The molecule has 3 rings (SSSR count). The summed E-state index contributed by atoms with van der Waals surface area (Å²) in [5, 5.41) is 0. The lowest BCUT2D eigenvalue weighted by atomic mass is 10.1. The number of hydrogen-bond acceptors (Lipinski definition) is 5. The third kappa shape index (κ3) is 3.35. The average Bonchev–Trinajstić information content (AvgIpc) is 3.05. The van der Waals surface area contributed by atoms with Crippen molar-refractivity contribution in [2.45, 2.75) is 38.8 Å². The molecule has 1 aromatic rings. The van der Waals surface area contributed by atoms with E-state index in [1.165, 1.54) is 0 Å². The van der Waals surface area contributed by atoms with Crippen molar-refractivity contribution in [2.75, 3.05) is 31.6 Å². The number of amides is 1. The molecule has 1 amide bonds. The molecular weight excluding hydrogens is 294 g/mol. The Bertz CT molecular complexity index is 585. The van der Waals surface area contributed by atoms with Crippen LogP contribution in [0.3, 0.4) is 0 Å². The molecule has 0 spiro atoms. The number of carbonyl (C=O) groups is 1. The van der Waals surface area contributed by atoms with Crippen molar-refractivity contribution in [1.29, 1.82) is 0 Å². The van der Waals surface area contributed by atoms with Gasteiger partial charge in [0.1, 0.15) is 11.4 Å². The lowest BCUT2D eigenvalue weighted by Gasteiger charge is -2.28. The standard InChI is InChI=1S/C17H25N3O3/c1-17(2,3)23-16(21)20-6-5-12-10-19(11-15(12)20)13-7-14(22-4)9-18-8-13/h7-9,12,15H,5-6,10-11H2,1-4H3/t12-,15+/m0/s1. The number of rotatable bonds is 2. The van der Waals surface area contributed by atoms with Crippen molar-refractivity contribution in [1.82, 2.24) is 9.88 Å². The molecule has 0 aliphatic carbocycles. The van der Waals surface area contributed by atoms with Gasteiger partial charge in [0, 0.05) is 31.6 Å². The van der Waals surface area contributed by atoms with Crippen LogP contribution in [0.15, 0.2) is 18.5 Å². The molecule has 6 heteroatoms. The fourth-order valence-corrected chi connectivity index (χ4v) is 3.41. The number of pyridine rings is 1. The molecule has 0 bridgehead atoms. The van der Waals surface area contributed by atoms with E-state index in [4.69, 9.17) is 9.47 Å². The lowest BCUT2D eigenvalue weighted by molar-refractivity contribution is 0.0229. The molecule has 2 saturated heterocycles. The molecule has 0 radical (unpaired) electrons. The Morgan fingerprint density at radius 2 is 2.09 bits per heavy atom. The van der Waals surface area contributed by atoms with Crippen LogP contribution in [0.2, 0.25) is 0 Å². The normalized spacial score (nSPS) is 23.8. The first-order valence-corrected chi connectivity index (χ1v) is 8.11. The average molecular weight is 319 g/mol. The molecule has 23 heavy (non-hydrogen) atoms. The topological polar surface area (TPSA) is 54.9 Å². The first kappa shape index (κ1) is 15.9. The summed E-state index contributed by atoms with van der Waals surface area (Å²) < 4.78 is 10.8. The summed E-state index contributed by atoms with van der Waals surface area (Å²) >= 11 is 0. The molecule has 0 aromatic carbocycles. The summed E-state index contributed by atoms with van der Waals surface area (Å²) in [6, 6.07) is 2.21. The summed E-state index contributed by atoms with van der Waals surface area (Å²) in [5.41, 5.74) is 0.590. The molecular formula is C17H25N3O3. The second-order valence-electron chi connectivity index (χ2n) is 7.28. The lowest BCUT2D eigenvalue weighted by Crippen LogP contribution is -2.42. The van der Waals surface area contributed by atoms with Gasteiger partial charge in [-0.1, -0.05) is 0 Å². The van der Waals surface area contributed by atoms with Crippen LogP contribution in [0, 0.1) is 5.92 Å². The molecule has 2 fully saturated rings. The monoisotopic (exact) mass is 319 g/mol. The molecule has 2 atom stereocenters. The molecule has 3 heterocycles. The molecule has 2 aliphatic heterocycles. The van der Waals surface area contributed by atoms with Crippen LogP contribution in [0.5, 0.6) is 5.75 Å². The van der Waals surface area contributed by atoms with Crippen LogP contribution in [0.25, 0.3) is 0 Å². The number of likely N-dealkylation sites (tertiary alicyclic amines) is 1. The minimum atomic E-state index is -0.454. The zero-order valence-corrected chi connectivity index (χ0v) is 14.3. The maximum atomic E-state index is 12.4. The van der Waals surface area contributed by atoms with E-state index in [-0.39, 0.29) is 12.1 Å². The van der Waals surface area contributed by atoms with Crippen molar-refractivity contribution in [3.05, 3.63) is 18.5 Å². The summed E-state index contributed by atoms with van der Waals surface area (Å²) in [6.45, 7) is 8.26. The maximum Gasteiger partial charge on any atom is 0.410 e. The molecule has 0 saturated carbocycles. The second kappa shape index (κ2) is 5.91. The van der Waals surface area contributed by atoms with Crippen molar-refractivity contribution in [2.24, 2.45) is 5.92 Å². The molecule has 126 valence electrons. The Morgan fingerprint density at radius 1 is 1.30 bits per heavy atom. The van der Waals surface area contributed by atoms with Crippen molar-refractivity contribution in [3.63, 3.8) is 0 Å². The van der Waals surface area contributed by atoms with Gasteiger partial charge in [-0.3, -0.25) is 4.98 Å². The predicted molar refractivity (Wildman–Crippen MR) is 87.8 cm³/mol. The van der Waals surface area contributed by atoms with Gasteiger partial charge in [-0.15, -0.1) is 0 Å². The maximum absolute atomic E-state index is 12.4. The smallest absolute Gasteiger partial charge is 0.410 e. The number of nitrogens with zero attached hydrogens (tertiary/aromatic N) is 3. The van der Waals surface area contributed by atoms with E-state index in [0.29, 0.717) is 5.92 Å². The number of aromatic nitrogens is 1. The van der Waals surface area contributed by atoms with Crippen molar-refractivity contribution >= 4 is 11.8 Å². The van der Waals surface area contributed by atoms with Crippen molar-refractivity contribution < 1.29 is 14.3 Å². The van der Waals surface area contributed by atoms with E-state index in [1.54, 1.807) is 13.3 Å². The van der Waals surface area contributed by atoms with Gasteiger partial charge < -0.3 is 19.3 Å². The largest absolute Gasteiger partial charge is 0.495 e. The highest BCUT2D eigenvalue weighted by atomic mass is 16.6. The summed E-state index contributed by atoms with van der Waals surface area (Å²) in [4.78, 5) is 20.8. The number of hydrogen-bond donors (Lipinski definition) is 0. The molecule has 6 nitrogen and oxygen atoms in total. The highest BCUT2D eigenvalue weighted by molar-refractivity contribution is 5.69. The Balaban J connectivity index is 1.70. The molecule has 1 aromatic heterocycles. The molecule has 0 unspecified atom stereocenters. The van der Waals surface area contributed by atoms with Crippen LogP contribution in [0.1, 0.15) is 27.2 Å². The highest BCUT2D eigenvalue weighted by Crippen LogP contribution is 2.35. The summed E-state index contributed by atoms with van der Waals surface area (Å²) in [7, 11) is 1.64. The first-order chi connectivity index (χ1) is 10.9. The van der Waals surface area contributed by atoms with Gasteiger partial charge in [0.25, 0.3) is 0 Å². The van der Waals surface area contributed by atoms with Crippen molar-refractivity contribution in [3.8, 4) is 5.75 Å². The van der Waals surface area contributed by atoms with Crippen LogP contribution < -0.4 is 9.64 Å². The van der Waals surface area contributed by atoms with Crippen LogP contribution in [0.4, 0.5) is 10.5 Å². The first-order valence-electron chi connectivity index (χ1n) is 8.11. The quantitative estimate of drug-likeness (QED) is 0.838. The van der Waals surface area contributed by atoms with Crippen LogP contribution in [-0.2, 0) is 4.74 Å². The van der Waals surface area contributed by atoms with Gasteiger partial charge in [-0.05, 0) is 27.2 Å². The Hall–Kier alpha value is -1.98. The van der Waals surface area contributed by atoms with E-state index in [1.807, 2.05) is 37.9 Å². The van der Waals surface area contributed by atoms with E-state index >= 15 is 0 Å². The minimum absolute atomic E-state index is 0.199. The zero-order valence-electron chi connectivity index (χ0n) is 14.3. The highest BCUT2D eigenvalue weighted by Gasteiger charge is 2.44. The third-order valence-corrected chi connectivity index (χ3v) is 4.48. The van der Waals surface area contributed by atoms with Gasteiger partial charge in [0.05, 0.1) is 31.2 Å². The third-order valence-electron chi connectivity index (χ3n) is 4.48. The Kier molecular flexibility index (Phi) is 4.08. The number of fused-ring (bicyclic) bond motifs is 1. The van der Waals surface area contributed by atoms with E-state index in [9.17, 15) is 4.79 Å². The summed E-state index contributed by atoms with van der Waals surface area (Å²) in [6.07, 6.45) is 4.38. The Labute approximate surface area is 137 Å². The van der Waals surface area contributed by atoms with Gasteiger partial charge >= 0.3 is 6.09 Å². The van der Waals surface area contributed by atoms with Gasteiger partial charge in [0.2, 0.25) is 0 Å². The zero-order chi connectivity index (χ0) is 16.6. The number of carbonyl (C=O) groups excluding carboxylic acids is 1. The van der Waals surface area contributed by atoms with Gasteiger partial charge in [0.15, 0.2) is 0 Å². The van der Waals surface area contributed by atoms with Crippen LogP contribution >= 0.6 is 0 Å². The van der Waals surface area contributed by atoms with E-state index in [2.05, 4.69) is 9.88 Å². The Morgan fingerprint density at radius 3 is 2.78 bits per heavy atom. The molecule has 0 N–H and O–H groups in total. The van der Waals surface area contributed by atoms with E-state index in [0.717, 1.165) is 37.5 Å². The fraction of sp³-hybridized carbons (Fsp3) is 0.647.